The van der Waals surface area contributed by atoms with Gasteiger partial charge in [-0.05, 0) is 43.2 Å². The third-order valence-electron chi connectivity index (χ3n) is 5.18. The van der Waals surface area contributed by atoms with E-state index >= 15 is 0 Å². The number of anilines is 1. The van der Waals surface area contributed by atoms with Crippen molar-refractivity contribution in [3.8, 4) is 11.4 Å². The van der Waals surface area contributed by atoms with Crippen LogP contribution in [-0.2, 0) is 17.9 Å². The number of hydrogen-bond donors (Lipinski definition) is 2. The van der Waals surface area contributed by atoms with Gasteiger partial charge in [-0.25, -0.2) is 0 Å². The number of thioether (sulfide) groups is 1. The van der Waals surface area contributed by atoms with Gasteiger partial charge in [-0.1, -0.05) is 66.4 Å². The number of rotatable bonds is 9. The standard InChI is InChI=1S/C25H27N5OS/c1-2-30-24(20-13-15-21(16-14-20)26-17-19-9-5-3-6-10-19)28-29-25(30)32-18-23(31)27-22-11-7-4-8-12-22/h3-11,13-16,22,26H,2,12,17-18H2,1H3,(H,27,31). The molecule has 0 saturated heterocycles. The molecule has 2 aromatic carbocycles. The van der Waals surface area contributed by atoms with E-state index in [1.807, 2.05) is 53.1 Å². The number of nitrogens with one attached hydrogen (secondary N) is 2. The highest BCUT2D eigenvalue weighted by Crippen LogP contribution is 2.25. The number of hydrogen-bond acceptors (Lipinski definition) is 5. The fourth-order valence-electron chi connectivity index (χ4n) is 3.50. The Bertz CT molecular complexity index is 1090. The lowest BCUT2D eigenvalue weighted by molar-refractivity contribution is -0.118. The average molecular weight is 446 g/mol. The number of allylic oxidation sites excluding steroid dienone is 2. The van der Waals surface area contributed by atoms with Gasteiger partial charge in [0.2, 0.25) is 5.91 Å². The minimum Gasteiger partial charge on any atom is -0.381 e. The molecule has 0 bridgehead atoms. The molecule has 1 unspecified atom stereocenters. The van der Waals surface area contributed by atoms with E-state index in [1.165, 1.54) is 17.3 Å². The van der Waals surface area contributed by atoms with Crippen LogP contribution >= 0.6 is 11.8 Å². The van der Waals surface area contributed by atoms with Crippen LogP contribution in [0.15, 0.2) is 84.1 Å². The first-order valence-corrected chi connectivity index (χ1v) is 11.8. The summed E-state index contributed by atoms with van der Waals surface area (Å²) >= 11 is 1.42. The fourth-order valence-corrected chi connectivity index (χ4v) is 4.31. The first-order valence-electron chi connectivity index (χ1n) is 10.8. The smallest absolute Gasteiger partial charge is 0.230 e. The van der Waals surface area contributed by atoms with Gasteiger partial charge in [0.15, 0.2) is 11.0 Å². The summed E-state index contributed by atoms with van der Waals surface area (Å²) in [6.45, 7) is 3.57. The molecule has 6 nitrogen and oxygen atoms in total. The van der Waals surface area contributed by atoms with Crippen molar-refractivity contribution in [3.05, 3.63) is 84.5 Å². The van der Waals surface area contributed by atoms with Crippen molar-refractivity contribution in [2.45, 2.75) is 37.6 Å². The molecule has 32 heavy (non-hydrogen) atoms. The Morgan fingerprint density at radius 2 is 1.91 bits per heavy atom. The zero-order valence-electron chi connectivity index (χ0n) is 18.1. The van der Waals surface area contributed by atoms with E-state index in [4.69, 9.17) is 0 Å². The van der Waals surface area contributed by atoms with Crippen molar-refractivity contribution >= 4 is 23.4 Å². The topological polar surface area (TPSA) is 71.8 Å². The van der Waals surface area contributed by atoms with Crippen LogP contribution in [0.5, 0.6) is 0 Å². The maximum atomic E-state index is 12.3. The average Bonchev–Trinajstić information content (AvgIpc) is 3.26. The molecule has 0 radical (unpaired) electrons. The molecule has 0 spiro atoms. The molecular weight excluding hydrogens is 418 g/mol. The highest BCUT2D eigenvalue weighted by molar-refractivity contribution is 7.99. The second-order valence-electron chi connectivity index (χ2n) is 7.48. The molecule has 1 atom stereocenters. The number of aromatic nitrogens is 3. The van der Waals surface area contributed by atoms with Crippen LogP contribution in [0, 0.1) is 0 Å². The lowest BCUT2D eigenvalue weighted by Crippen LogP contribution is -2.34. The van der Waals surface area contributed by atoms with Crippen LogP contribution in [0.1, 0.15) is 18.9 Å². The van der Waals surface area contributed by atoms with Crippen LogP contribution in [0.4, 0.5) is 5.69 Å². The van der Waals surface area contributed by atoms with E-state index in [0.29, 0.717) is 5.75 Å². The van der Waals surface area contributed by atoms with Gasteiger partial charge in [-0.2, -0.15) is 0 Å². The Labute approximate surface area is 192 Å². The predicted molar refractivity (Wildman–Crippen MR) is 130 cm³/mol. The fraction of sp³-hybridized carbons (Fsp3) is 0.240. The normalized spacial score (nSPS) is 15.0. The maximum absolute atomic E-state index is 12.3. The molecule has 0 fully saturated rings. The second kappa shape index (κ2) is 10.8. The minimum absolute atomic E-state index is 0.000923. The van der Waals surface area contributed by atoms with Gasteiger partial charge < -0.3 is 15.2 Å². The van der Waals surface area contributed by atoms with Crippen LogP contribution in [0.2, 0.25) is 0 Å². The highest BCUT2D eigenvalue weighted by Gasteiger charge is 2.16. The summed E-state index contributed by atoms with van der Waals surface area (Å²) in [5, 5.41) is 16.0. The van der Waals surface area contributed by atoms with Crippen molar-refractivity contribution in [1.29, 1.82) is 0 Å². The molecule has 0 aliphatic heterocycles. The molecule has 4 rings (SSSR count). The molecule has 1 aliphatic carbocycles. The molecule has 0 saturated carbocycles. The minimum atomic E-state index is 0.000923. The Morgan fingerprint density at radius 3 is 2.62 bits per heavy atom. The van der Waals surface area contributed by atoms with Crippen molar-refractivity contribution in [2.75, 3.05) is 11.1 Å². The number of carbonyl (C=O) groups excluding carboxylic acids is 1. The summed E-state index contributed by atoms with van der Waals surface area (Å²) in [4.78, 5) is 12.3. The molecule has 1 aromatic heterocycles. The third-order valence-corrected chi connectivity index (χ3v) is 6.14. The Hall–Kier alpha value is -3.32. The number of carbonyl (C=O) groups is 1. The molecule has 3 aromatic rings. The van der Waals surface area contributed by atoms with Gasteiger partial charge >= 0.3 is 0 Å². The molecule has 1 amide bonds. The lowest BCUT2D eigenvalue weighted by atomic mass is 10.1. The van der Waals surface area contributed by atoms with Crippen molar-refractivity contribution in [3.63, 3.8) is 0 Å². The van der Waals surface area contributed by atoms with Gasteiger partial charge in [-0.3, -0.25) is 4.79 Å². The first kappa shape index (κ1) is 21.9. The van der Waals surface area contributed by atoms with Crippen LogP contribution in [0.25, 0.3) is 11.4 Å². The number of amides is 1. The molecular formula is C25H27N5OS. The summed E-state index contributed by atoms with van der Waals surface area (Å²) in [5.74, 6) is 1.13. The van der Waals surface area contributed by atoms with E-state index in [1.54, 1.807) is 0 Å². The molecule has 1 aliphatic rings. The first-order chi connectivity index (χ1) is 15.7. The Balaban J connectivity index is 1.36. The summed E-state index contributed by atoms with van der Waals surface area (Å²) in [6, 6.07) is 18.6. The second-order valence-corrected chi connectivity index (χ2v) is 8.42. The predicted octanol–water partition coefficient (Wildman–Crippen LogP) is 4.67. The summed E-state index contributed by atoms with van der Waals surface area (Å²) in [6.07, 6.45) is 8.85. The summed E-state index contributed by atoms with van der Waals surface area (Å²) < 4.78 is 2.05. The van der Waals surface area contributed by atoms with Crippen LogP contribution < -0.4 is 10.6 Å². The molecule has 2 N–H and O–H groups in total. The van der Waals surface area contributed by atoms with E-state index < -0.39 is 0 Å². The van der Waals surface area contributed by atoms with Crippen molar-refractivity contribution < 1.29 is 4.79 Å². The summed E-state index contributed by atoms with van der Waals surface area (Å²) in [7, 11) is 0. The molecule has 1 heterocycles. The largest absolute Gasteiger partial charge is 0.381 e. The Kier molecular flexibility index (Phi) is 7.40. The SMILES string of the molecule is CCn1c(SCC(=O)NC2C=CC=CC2)nnc1-c1ccc(NCc2ccccc2)cc1. The van der Waals surface area contributed by atoms with Gasteiger partial charge in [0.25, 0.3) is 0 Å². The van der Waals surface area contributed by atoms with E-state index in [-0.39, 0.29) is 11.9 Å². The Morgan fingerprint density at radius 1 is 1.09 bits per heavy atom. The van der Waals surface area contributed by atoms with Crippen molar-refractivity contribution in [1.82, 2.24) is 20.1 Å². The van der Waals surface area contributed by atoms with Crippen molar-refractivity contribution in [2.24, 2.45) is 0 Å². The zero-order chi connectivity index (χ0) is 22.2. The third kappa shape index (κ3) is 5.68. The molecule has 164 valence electrons. The van der Waals surface area contributed by atoms with Gasteiger partial charge in [-0.15, -0.1) is 10.2 Å². The summed E-state index contributed by atoms with van der Waals surface area (Å²) in [5.41, 5.74) is 3.29. The van der Waals surface area contributed by atoms with E-state index in [0.717, 1.165) is 41.7 Å². The van der Waals surface area contributed by atoms with E-state index in [9.17, 15) is 4.79 Å². The zero-order valence-corrected chi connectivity index (χ0v) is 18.9. The number of benzene rings is 2. The van der Waals surface area contributed by atoms with Gasteiger partial charge in [0.05, 0.1) is 11.8 Å². The molecule has 7 heteroatoms. The van der Waals surface area contributed by atoms with Gasteiger partial charge in [0, 0.05) is 24.3 Å². The van der Waals surface area contributed by atoms with Crippen LogP contribution in [0.3, 0.4) is 0 Å². The maximum Gasteiger partial charge on any atom is 0.230 e. The van der Waals surface area contributed by atoms with Crippen LogP contribution in [-0.4, -0.2) is 32.5 Å². The van der Waals surface area contributed by atoms with E-state index in [2.05, 4.69) is 58.1 Å². The monoisotopic (exact) mass is 445 g/mol. The highest BCUT2D eigenvalue weighted by atomic mass is 32.2. The quantitative estimate of drug-likeness (QED) is 0.468. The van der Waals surface area contributed by atoms with Gasteiger partial charge in [0.1, 0.15) is 0 Å². The lowest BCUT2D eigenvalue weighted by Gasteiger charge is -2.15. The number of nitrogens with zero attached hydrogens (tertiary/aromatic N) is 3.